The lowest BCUT2D eigenvalue weighted by Crippen LogP contribution is -2.31. The highest BCUT2D eigenvalue weighted by atomic mass is 15.2. The van der Waals surface area contributed by atoms with Gasteiger partial charge >= 0.3 is 0 Å². The van der Waals surface area contributed by atoms with Crippen LogP contribution in [0.5, 0.6) is 0 Å². The highest BCUT2D eigenvalue weighted by Gasteiger charge is 2.10. The van der Waals surface area contributed by atoms with Crippen molar-refractivity contribution in [3.63, 3.8) is 0 Å². The Kier molecular flexibility index (Phi) is 6.36. The van der Waals surface area contributed by atoms with Crippen LogP contribution in [-0.2, 0) is 6.54 Å². The second-order valence-electron chi connectivity index (χ2n) is 4.58. The molecular weight excluding hydrogens is 224 g/mol. The number of anilines is 1. The topological polar surface area (TPSA) is 41.1 Å². The van der Waals surface area contributed by atoms with Gasteiger partial charge in [0, 0.05) is 19.1 Å². The van der Waals surface area contributed by atoms with Crippen LogP contribution in [0, 0.1) is 0 Å². The summed E-state index contributed by atoms with van der Waals surface area (Å²) >= 11 is 0. The van der Waals surface area contributed by atoms with Crippen LogP contribution in [0.25, 0.3) is 0 Å². The van der Waals surface area contributed by atoms with Crippen molar-refractivity contribution >= 4 is 5.82 Å². The molecule has 1 aromatic heterocycles. The van der Waals surface area contributed by atoms with Gasteiger partial charge in [-0.25, -0.2) is 4.98 Å². The standard InChI is InChI=1S/C14H24N4/c1-5-7-15-9-13-10-17-14(11-16-13)18(8-6-2)12(3)4/h6,10-12,15H,2,5,7-9H2,1,3-4H3. The molecule has 0 aliphatic heterocycles. The lowest BCUT2D eigenvalue weighted by molar-refractivity contribution is 0.659. The first kappa shape index (κ1) is 14.6. The first-order chi connectivity index (χ1) is 8.69. The van der Waals surface area contributed by atoms with Crippen molar-refractivity contribution in [2.24, 2.45) is 0 Å². The molecule has 0 bridgehead atoms. The Morgan fingerprint density at radius 2 is 2.17 bits per heavy atom. The minimum absolute atomic E-state index is 0.390. The van der Waals surface area contributed by atoms with Gasteiger partial charge in [-0.15, -0.1) is 6.58 Å². The van der Waals surface area contributed by atoms with E-state index < -0.39 is 0 Å². The summed E-state index contributed by atoms with van der Waals surface area (Å²) in [6, 6.07) is 0.390. The zero-order chi connectivity index (χ0) is 13.4. The van der Waals surface area contributed by atoms with E-state index in [-0.39, 0.29) is 0 Å². The predicted molar refractivity (Wildman–Crippen MR) is 76.7 cm³/mol. The third-order valence-corrected chi connectivity index (χ3v) is 2.67. The van der Waals surface area contributed by atoms with Crippen LogP contribution in [0.1, 0.15) is 32.9 Å². The monoisotopic (exact) mass is 248 g/mol. The van der Waals surface area contributed by atoms with Crippen molar-refractivity contribution in [1.29, 1.82) is 0 Å². The van der Waals surface area contributed by atoms with Gasteiger partial charge in [-0.3, -0.25) is 4.98 Å². The molecule has 1 heterocycles. The number of nitrogens with zero attached hydrogens (tertiary/aromatic N) is 3. The fourth-order valence-electron chi connectivity index (χ4n) is 1.69. The zero-order valence-electron chi connectivity index (χ0n) is 11.7. The molecule has 0 saturated carbocycles. The smallest absolute Gasteiger partial charge is 0.147 e. The van der Waals surface area contributed by atoms with Crippen molar-refractivity contribution in [2.75, 3.05) is 18.0 Å². The highest BCUT2D eigenvalue weighted by Crippen LogP contribution is 2.12. The molecule has 0 atom stereocenters. The zero-order valence-corrected chi connectivity index (χ0v) is 11.7. The van der Waals surface area contributed by atoms with E-state index in [1.54, 1.807) is 0 Å². The van der Waals surface area contributed by atoms with Crippen LogP contribution < -0.4 is 10.2 Å². The molecular formula is C14H24N4. The molecule has 0 radical (unpaired) electrons. The van der Waals surface area contributed by atoms with E-state index in [9.17, 15) is 0 Å². The minimum Gasteiger partial charge on any atom is -0.349 e. The fraction of sp³-hybridized carbons (Fsp3) is 0.571. The lowest BCUT2D eigenvalue weighted by Gasteiger charge is -2.26. The van der Waals surface area contributed by atoms with Crippen molar-refractivity contribution in [1.82, 2.24) is 15.3 Å². The molecule has 1 aromatic rings. The number of nitrogens with one attached hydrogen (secondary N) is 1. The quantitative estimate of drug-likeness (QED) is 0.566. The van der Waals surface area contributed by atoms with Gasteiger partial charge in [-0.1, -0.05) is 13.0 Å². The molecule has 0 amide bonds. The molecule has 0 fully saturated rings. The van der Waals surface area contributed by atoms with Crippen LogP contribution in [0.3, 0.4) is 0 Å². The molecule has 1 rings (SSSR count). The second-order valence-corrected chi connectivity index (χ2v) is 4.58. The van der Waals surface area contributed by atoms with Gasteiger partial charge in [0.2, 0.25) is 0 Å². The van der Waals surface area contributed by atoms with E-state index in [0.717, 1.165) is 37.6 Å². The van der Waals surface area contributed by atoms with Crippen molar-refractivity contribution in [3.05, 3.63) is 30.7 Å². The lowest BCUT2D eigenvalue weighted by atomic mass is 10.3. The van der Waals surface area contributed by atoms with Gasteiger partial charge < -0.3 is 10.2 Å². The molecule has 0 aromatic carbocycles. The third kappa shape index (κ3) is 4.45. The molecule has 0 spiro atoms. The molecule has 4 heteroatoms. The Morgan fingerprint density at radius 1 is 1.39 bits per heavy atom. The van der Waals surface area contributed by atoms with Gasteiger partial charge in [0.25, 0.3) is 0 Å². The summed E-state index contributed by atoms with van der Waals surface area (Å²) < 4.78 is 0. The molecule has 0 saturated heterocycles. The largest absolute Gasteiger partial charge is 0.349 e. The van der Waals surface area contributed by atoms with Crippen LogP contribution in [-0.4, -0.2) is 29.1 Å². The van der Waals surface area contributed by atoms with Crippen molar-refractivity contribution < 1.29 is 0 Å². The Morgan fingerprint density at radius 3 is 2.67 bits per heavy atom. The average molecular weight is 248 g/mol. The van der Waals surface area contributed by atoms with Gasteiger partial charge in [-0.2, -0.15) is 0 Å². The fourth-order valence-corrected chi connectivity index (χ4v) is 1.69. The highest BCUT2D eigenvalue weighted by molar-refractivity contribution is 5.37. The number of hydrogen-bond donors (Lipinski definition) is 1. The van der Waals surface area contributed by atoms with Gasteiger partial charge in [0.15, 0.2) is 0 Å². The normalized spacial score (nSPS) is 10.7. The third-order valence-electron chi connectivity index (χ3n) is 2.67. The molecule has 18 heavy (non-hydrogen) atoms. The Hall–Kier alpha value is -1.42. The number of hydrogen-bond acceptors (Lipinski definition) is 4. The first-order valence-electron chi connectivity index (χ1n) is 6.58. The molecule has 1 N–H and O–H groups in total. The van der Waals surface area contributed by atoms with E-state index in [4.69, 9.17) is 0 Å². The molecule has 0 aliphatic rings. The van der Waals surface area contributed by atoms with Crippen molar-refractivity contribution in [2.45, 2.75) is 39.8 Å². The van der Waals surface area contributed by atoms with E-state index in [1.165, 1.54) is 0 Å². The summed E-state index contributed by atoms with van der Waals surface area (Å²) in [5, 5.41) is 3.32. The van der Waals surface area contributed by atoms with E-state index in [1.807, 2.05) is 18.5 Å². The molecule has 0 unspecified atom stereocenters. The first-order valence-corrected chi connectivity index (χ1v) is 6.58. The Labute approximate surface area is 110 Å². The van der Waals surface area contributed by atoms with Crippen molar-refractivity contribution in [3.8, 4) is 0 Å². The maximum atomic E-state index is 4.47. The predicted octanol–water partition coefficient (Wildman–Crippen LogP) is 2.38. The summed E-state index contributed by atoms with van der Waals surface area (Å²) in [5.74, 6) is 0.907. The number of rotatable bonds is 8. The van der Waals surface area contributed by atoms with Crippen LogP contribution in [0.4, 0.5) is 5.82 Å². The Balaban J connectivity index is 2.65. The summed E-state index contributed by atoms with van der Waals surface area (Å²) in [6.07, 6.45) is 6.70. The summed E-state index contributed by atoms with van der Waals surface area (Å²) in [5.41, 5.74) is 0.981. The SMILES string of the molecule is C=CCN(c1cnc(CNCCC)cn1)C(C)C. The maximum absolute atomic E-state index is 4.47. The van der Waals surface area contributed by atoms with Crippen LogP contribution in [0.15, 0.2) is 25.0 Å². The molecule has 100 valence electrons. The van der Waals surface area contributed by atoms with Gasteiger partial charge in [-0.05, 0) is 26.8 Å². The van der Waals surface area contributed by atoms with Crippen LogP contribution in [0.2, 0.25) is 0 Å². The van der Waals surface area contributed by atoms with E-state index >= 15 is 0 Å². The van der Waals surface area contributed by atoms with Gasteiger partial charge in [0.1, 0.15) is 5.82 Å². The van der Waals surface area contributed by atoms with Crippen LogP contribution >= 0.6 is 0 Å². The maximum Gasteiger partial charge on any atom is 0.147 e. The number of aromatic nitrogens is 2. The molecule has 0 aliphatic carbocycles. The summed E-state index contributed by atoms with van der Waals surface area (Å²) in [4.78, 5) is 11.1. The minimum atomic E-state index is 0.390. The summed E-state index contributed by atoms with van der Waals surface area (Å²) in [6.45, 7) is 12.8. The second kappa shape index (κ2) is 7.82. The van der Waals surface area contributed by atoms with E-state index in [2.05, 4.69) is 47.5 Å². The molecule has 4 nitrogen and oxygen atoms in total. The van der Waals surface area contributed by atoms with Gasteiger partial charge in [0.05, 0.1) is 18.1 Å². The average Bonchev–Trinajstić information content (AvgIpc) is 2.37. The Bertz CT molecular complexity index is 345. The summed E-state index contributed by atoms with van der Waals surface area (Å²) in [7, 11) is 0. The van der Waals surface area contributed by atoms with E-state index in [0.29, 0.717) is 6.04 Å².